The maximum absolute atomic E-state index is 12.5. The van der Waals surface area contributed by atoms with Crippen molar-refractivity contribution in [2.24, 2.45) is 5.10 Å². The number of halogens is 1. The predicted octanol–water partition coefficient (Wildman–Crippen LogP) is 3.81. The predicted molar refractivity (Wildman–Crippen MR) is 101 cm³/mol. The molecule has 2 amide bonds. The Balaban J connectivity index is 1.75. The molecule has 0 bridgehead atoms. The molecule has 1 heterocycles. The van der Waals surface area contributed by atoms with Crippen LogP contribution in [-0.2, 0) is 9.59 Å². The van der Waals surface area contributed by atoms with Crippen LogP contribution in [0.3, 0.4) is 0 Å². The summed E-state index contributed by atoms with van der Waals surface area (Å²) in [5.41, 5.74) is 2.04. The number of hydrogen-bond acceptors (Lipinski definition) is 3. The SMILES string of the molecule is CC(NC(=O)C1=NN(c2ccccc2)C(=O)CC1)c1ccc(Br)cc1. The Kier molecular flexibility index (Phi) is 5.28. The van der Waals surface area contributed by atoms with Crippen molar-refractivity contribution in [1.29, 1.82) is 0 Å². The van der Waals surface area contributed by atoms with Gasteiger partial charge in [0.25, 0.3) is 5.91 Å². The molecule has 0 aromatic heterocycles. The van der Waals surface area contributed by atoms with Crippen molar-refractivity contribution < 1.29 is 9.59 Å². The maximum Gasteiger partial charge on any atom is 0.267 e. The standard InChI is InChI=1S/C19H18BrN3O2/c1-13(14-7-9-15(20)10-8-14)21-19(25)17-11-12-18(24)23(22-17)16-5-3-2-4-6-16/h2-10,13H,11-12H2,1H3,(H,21,25). The third-order valence-electron chi connectivity index (χ3n) is 4.01. The highest BCUT2D eigenvalue weighted by Crippen LogP contribution is 2.21. The molecule has 0 aliphatic carbocycles. The fourth-order valence-corrected chi connectivity index (χ4v) is 2.87. The highest BCUT2D eigenvalue weighted by Gasteiger charge is 2.26. The highest BCUT2D eigenvalue weighted by atomic mass is 79.9. The number of nitrogens with zero attached hydrogens (tertiary/aromatic N) is 2. The van der Waals surface area contributed by atoms with Crippen molar-refractivity contribution in [2.45, 2.75) is 25.8 Å². The second-order valence-corrected chi connectivity index (χ2v) is 6.75. The molecule has 1 N–H and O–H groups in total. The van der Waals surface area contributed by atoms with E-state index in [2.05, 4.69) is 26.3 Å². The summed E-state index contributed by atoms with van der Waals surface area (Å²) < 4.78 is 0.989. The molecule has 1 atom stereocenters. The summed E-state index contributed by atoms with van der Waals surface area (Å²) in [5.74, 6) is -0.354. The minimum Gasteiger partial charge on any atom is -0.344 e. The van der Waals surface area contributed by atoms with Gasteiger partial charge in [-0.3, -0.25) is 9.59 Å². The quantitative estimate of drug-likeness (QED) is 0.849. The van der Waals surface area contributed by atoms with Gasteiger partial charge in [-0.25, -0.2) is 5.01 Å². The fourth-order valence-electron chi connectivity index (χ4n) is 2.60. The number of rotatable bonds is 4. The van der Waals surface area contributed by atoms with Gasteiger partial charge in [-0.05, 0) is 36.8 Å². The van der Waals surface area contributed by atoms with Crippen LogP contribution in [0, 0.1) is 0 Å². The summed E-state index contributed by atoms with van der Waals surface area (Å²) in [6, 6.07) is 16.8. The smallest absolute Gasteiger partial charge is 0.267 e. The first kappa shape index (κ1) is 17.4. The van der Waals surface area contributed by atoms with Crippen LogP contribution in [0.2, 0.25) is 0 Å². The molecule has 1 aliphatic rings. The molecule has 0 spiro atoms. The van der Waals surface area contributed by atoms with Gasteiger partial charge in [-0.1, -0.05) is 46.3 Å². The van der Waals surface area contributed by atoms with Crippen LogP contribution in [-0.4, -0.2) is 17.5 Å². The highest BCUT2D eigenvalue weighted by molar-refractivity contribution is 9.10. The van der Waals surface area contributed by atoms with E-state index < -0.39 is 0 Å². The molecule has 25 heavy (non-hydrogen) atoms. The van der Waals surface area contributed by atoms with E-state index in [1.54, 1.807) is 12.1 Å². The van der Waals surface area contributed by atoms with Gasteiger partial charge in [0.15, 0.2) is 0 Å². The molecule has 1 unspecified atom stereocenters. The van der Waals surface area contributed by atoms with Crippen LogP contribution in [0.1, 0.15) is 31.4 Å². The van der Waals surface area contributed by atoms with Crippen molar-refractivity contribution >= 4 is 39.1 Å². The van der Waals surface area contributed by atoms with Crippen molar-refractivity contribution in [3.63, 3.8) is 0 Å². The minimum atomic E-state index is -0.246. The van der Waals surface area contributed by atoms with Crippen molar-refractivity contribution in [2.75, 3.05) is 5.01 Å². The molecule has 128 valence electrons. The number of carbonyl (C=O) groups is 2. The first-order chi connectivity index (χ1) is 12.0. The van der Waals surface area contributed by atoms with Crippen LogP contribution in [0.4, 0.5) is 5.69 Å². The average Bonchev–Trinajstić information content (AvgIpc) is 2.63. The monoisotopic (exact) mass is 399 g/mol. The average molecular weight is 400 g/mol. The van der Waals surface area contributed by atoms with Crippen molar-refractivity contribution in [3.8, 4) is 0 Å². The number of hydrazone groups is 1. The van der Waals surface area contributed by atoms with E-state index in [4.69, 9.17) is 0 Å². The number of para-hydroxylation sites is 1. The molecule has 0 fully saturated rings. The zero-order valence-electron chi connectivity index (χ0n) is 13.8. The van der Waals surface area contributed by atoms with Crippen LogP contribution < -0.4 is 10.3 Å². The number of hydrogen-bond donors (Lipinski definition) is 1. The number of carbonyl (C=O) groups excluding carboxylic acids is 2. The molecule has 2 aromatic carbocycles. The summed E-state index contributed by atoms with van der Waals surface area (Å²) in [4.78, 5) is 24.7. The number of benzene rings is 2. The largest absolute Gasteiger partial charge is 0.344 e. The van der Waals surface area contributed by atoms with Gasteiger partial charge >= 0.3 is 0 Å². The Morgan fingerprint density at radius 1 is 1.12 bits per heavy atom. The fraction of sp³-hybridized carbons (Fsp3) is 0.211. The first-order valence-corrected chi connectivity index (χ1v) is 8.85. The van der Waals surface area contributed by atoms with Crippen LogP contribution in [0.5, 0.6) is 0 Å². The van der Waals surface area contributed by atoms with E-state index in [0.717, 1.165) is 10.0 Å². The molecule has 5 nitrogen and oxygen atoms in total. The lowest BCUT2D eigenvalue weighted by Crippen LogP contribution is -2.39. The van der Waals surface area contributed by atoms with E-state index in [0.29, 0.717) is 17.8 Å². The maximum atomic E-state index is 12.5. The third-order valence-corrected chi connectivity index (χ3v) is 4.54. The zero-order valence-corrected chi connectivity index (χ0v) is 15.4. The number of amides is 2. The van der Waals surface area contributed by atoms with Crippen molar-refractivity contribution in [1.82, 2.24) is 5.32 Å². The van der Waals surface area contributed by atoms with E-state index in [1.165, 1.54) is 5.01 Å². The molecule has 3 rings (SSSR count). The van der Waals surface area contributed by atoms with Gasteiger partial charge < -0.3 is 5.32 Å². The Morgan fingerprint density at radius 2 is 1.80 bits per heavy atom. The van der Waals surface area contributed by atoms with Gasteiger partial charge in [-0.2, -0.15) is 5.10 Å². The molecule has 6 heteroatoms. The summed E-state index contributed by atoms with van der Waals surface area (Å²) in [7, 11) is 0. The third kappa shape index (κ3) is 4.14. The summed E-state index contributed by atoms with van der Waals surface area (Å²) in [6.07, 6.45) is 0.620. The molecule has 1 aliphatic heterocycles. The van der Waals surface area contributed by atoms with E-state index in [-0.39, 0.29) is 24.3 Å². The van der Waals surface area contributed by atoms with Gasteiger partial charge in [0, 0.05) is 17.3 Å². The molecule has 2 aromatic rings. The first-order valence-electron chi connectivity index (χ1n) is 8.06. The normalized spacial score (nSPS) is 15.5. The van der Waals surface area contributed by atoms with E-state index in [9.17, 15) is 9.59 Å². The molecule has 0 saturated carbocycles. The van der Waals surface area contributed by atoms with E-state index >= 15 is 0 Å². The summed E-state index contributed by atoms with van der Waals surface area (Å²) in [5, 5.41) is 8.53. The second-order valence-electron chi connectivity index (χ2n) is 5.83. The topological polar surface area (TPSA) is 61.8 Å². The van der Waals surface area contributed by atoms with Crippen molar-refractivity contribution in [3.05, 3.63) is 64.6 Å². The molecular weight excluding hydrogens is 382 g/mol. The lowest BCUT2D eigenvalue weighted by atomic mass is 10.1. The molecule has 0 saturated heterocycles. The van der Waals surface area contributed by atoms with Gasteiger partial charge in [0.1, 0.15) is 5.71 Å². The van der Waals surface area contributed by atoms with Gasteiger partial charge in [0.2, 0.25) is 5.91 Å². The zero-order chi connectivity index (χ0) is 17.8. The lowest BCUT2D eigenvalue weighted by molar-refractivity contribution is -0.119. The van der Waals surface area contributed by atoms with Gasteiger partial charge in [0.05, 0.1) is 11.7 Å². The minimum absolute atomic E-state index is 0.108. The second kappa shape index (κ2) is 7.61. The molecular formula is C19H18BrN3O2. The number of anilines is 1. The van der Waals surface area contributed by atoms with Crippen LogP contribution in [0.15, 0.2) is 64.2 Å². The van der Waals surface area contributed by atoms with Crippen LogP contribution >= 0.6 is 15.9 Å². The summed E-state index contributed by atoms with van der Waals surface area (Å²) in [6.45, 7) is 1.92. The Bertz CT molecular complexity index is 803. The lowest BCUT2D eigenvalue weighted by Gasteiger charge is -2.24. The van der Waals surface area contributed by atoms with E-state index in [1.807, 2.05) is 49.4 Å². The molecule has 0 radical (unpaired) electrons. The number of nitrogens with one attached hydrogen (secondary N) is 1. The summed E-state index contributed by atoms with van der Waals surface area (Å²) >= 11 is 3.40. The Morgan fingerprint density at radius 3 is 2.48 bits per heavy atom. The Labute approximate surface area is 154 Å². The van der Waals surface area contributed by atoms with Crippen LogP contribution in [0.25, 0.3) is 0 Å². The van der Waals surface area contributed by atoms with Gasteiger partial charge in [-0.15, -0.1) is 0 Å². The Hall–Kier alpha value is -2.47.